The number of hydrogen-bond donors (Lipinski definition) is 2. The fourth-order valence-electron chi connectivity index (χ4n) is 2.44. The third-order valence-corrected chi connectivity index (χ3v) is 3.16. The molecule has 1 aliphatic heterocycles. The van der Waals surface area contributed by atoms with E-state index in [1.54, 1.807) is 5.01 Å². The van der Waals surface area contributed by atoms with Gasteiger partial charge in [0, 0.05) is 31.0 Å². The van der Waals surface area contributed by atoms with Crippen LogP contribution in [0.3, 0.4) is 0 Å². The maximum absolute atomic E-state index is 11.5. The SMILES string of the molecule is O=C1CCN(NC(=O)O)C2=CCCCC2C1. The Bertz CT molecular complexity index is 338. The van der Waals surface area contributed by atoms with Gasteiger partial charge in [0.2, 0.25) is 0 Å². The van der Waals surface area contributed by atoms with Gasteiger partial charge in [0.25, 0.3) is 0 Å². The topological polar surface area (TPSA) is 69.6 Å². The number of carbonyl (C=O) groups excluding carboxylic acids is 1. The van der Waals surface area contributed by atoms with Crippen LogP contribution in [0.5, 0.6) is 0 Å². The Morgan fingerprint density at radius 3 is 3.12 bits per heavy atom. The van der Waals surface area contributed by atoms with Crippen LogP contribution in [0.25, 0.3) is 0 Å². The highest BCUT2D eigenvalue weighted by molar-refractivity contribution is 5.79. The number of Topliss-reactive ketones (excluding diaryl/α,β-unsaturated/α-hetero) is 1. The van der Waals surface area contributed by atoms with Crippen LogP contribution in [-0.4, -0.2) is 28.5 Å². The second-order valence-electron chi connectivity index (χ2n) is 4.32. The molecule has 1 saturated heterocycles. The Morgan fingerprint density at radius 1 is 1.56 bits per heavy atom. The molecule has 1 heterocycles. The monoisotopic (exact) mass is 224 g/mol. The van der Waals surface area contributed by atoms with Gasteiger partial charge in [-0.2, -0.15) is 0 Å². The van der Waals surface area contributed by atoms with Gasteiger partial charge in [0.15, 0.2) is 0 Å². The average Bonchev–Trinajstić information content (AvgIpc) is 2.38. The summed E-state index contributed by atoms with van der Waals surface area (Å²) in [7, 11) is 0. The Morgan fingerprint density at radius 2 is 2.38 bits per heavy atom. The van der Waals surface area contributed by atoms with E-state index in [-0.39, 0.29) is 11.7 Å². The lowest BCUT2D eigenvalue weighted by molar-refractivity contribution is -0.119. The lowest BCUT2D eigenvalue weighted by Crippen LogP contribution is -2.42. The molecule has 0 aromatic rings. The van der Waals surface area contributed by atoms with Crippen molar-refractivity contribution in [1.29, 1.82) is 0 Å². The first-order valence-corrected chi connectivity index (χ1v) is 5.65. The third-order valence-electron chi connectivity index (χ3n) is 3.16. The molecule has 1 aliphatic carbocycles. The van der Waals surface area contributed by atoms with E-state index in [0.717, 1.165) is 25.0 Å². The molecule has 0 saturated carbocycles. The molecule has 2 rings (SSSR count). The number of amides is 1. The van der Waals surface area contributed by atoms with Crippen molar-refractivity contribution in [2.24, 2.45) is 5.92 Å². The van der Waals surface area contributed by atoms with Crippen LogP contribution in [0.1, 0.15) is 32.1 Å². The number of fused-ring (bicyclic) bond motifs is 1. The standard InChI is InChI=1S/C11H16N2O3/c14-9-5-6-13(12-11(15)16)10-4-2-1-3-8(10)7-9/h4,8,12H,1-3,5-7H2,(H,15,16). The first-order valence-electron chi connectivity index (χ1n) is 5.65. The van der Waals surface area contributed by atoms with E-state index >= 15 is 0 Å². The highest BCUT2D eigenvalue weighted by Crippen LogP contribution is 2.32. The highest BCUT2D eigenvalue weighted by Gasteiger charge is 2.29. The van der Waals surface area contributed by atoms with Gasteiger partial charge in [0.1, 0.15) is 5.78 Å². The van der Waals surface area contributed by atoms with Crippen LogP contribution in [-0.2, 0) is 4.79 Å². The zero-order valence-corrected chi connectivity index (χ0v) is 9.11. The van der Waals surface area contributed by atoms with Crippen molar-refractivity contribution >= 4 is 11.9 Å². The molecule has 1 atom stereocenters. The molecular weight excluding hydrogens is 208 g/mol. The Kier molecular flexibility index (Phi) is 3.12. The van der Waals surface area contributed by atoms with E-state index < -0.39 is 6.09 Å². The number of carbonyl (C=O) groups is 2. The molecule has 2 aliphatic rings. The fourth-order valence-corrected chi connectivity index (χ4v) is 2.44. The van der Waals surface area contributed by atoms with Gasteiger partial charge in [-0.15, -0.1) is 0 Å². The van der Waals surface area contributed by atoms with E-state index in [9.17, 15) is 9.59 Å². The van der Waals surface area contributed by atoms with Crippen molar-refractivity contribution in [3.05, 3.63) is 11.8 Å². The van der Waals surface area contributed by atoms with E-state index in [1.165, 1.54) is 0 Å². The molecule has 5 heteroatoms. The first-order chi connectivity index (χ1) is 7.66. The molecule has 0 spiro atoms. The number of hydrogen-bond acceptors (Lipinski definition) is 3. The maximum Gasteiger partial charge on any atom is 0.423 e. The van der Waals surface area contributed by atoms with Crippen LogP contribution in [0.2, 0.25) is 0 Å². The molecule has 5 nitrogen and oxygen atoms in total. The smallest absolute Gasteiger partial charge is 0.423 e. The number of nitrogens with zero attached hydrogens (tertiary/aromatic N) is 1. The Labute approximate surface area is 94.1 Å². The summed E-state index contributed by atoms with van der Waals surface area (Å²) >= 11 is 0. The van der Waals surface area contributed by atoms with E-state index in [4.69, 9.17) is 5.11 Å². The van der Waals surface area contributed by atoms with Crippen molar-refractivity contribution in [3.8, 4) is 0 Å². The number of nitrogens with one attached hydrogen (secondary N) is 1. The van der Waals surface area contributed by atoms with Crippen molar-refractivity contribution in [1.82, 2.24) is 10.4 Å². The summed E-state index contributed by atoms with van der Waals surface area (Å²) in [4.78, 5) is 22.2. The number of hydrazine groups is 1. The van der Waals surface area contributed by atoms with Crippen molar-refractivity contribution in [3.63, 3.8) is 0 Å². The molecule has 0 aromatic heterocycles. The minimum absolute atomic E-state index is 0.204. The van der Waals surface area contributed by atoms with Crippen molar-refractivity contribution in [2.75, 3.05) is 6.54 Å². The molecule has 0 bridgehead atoms. The third kappa shape index (κ3) is 2.35. The van der Waals surface area contributed by atoms with E-state index in [1.807, 2.05) is 0 Å². The minimum Gasteiger partial charge on any atom is -0.464 e. The lowest BCUT2D eigenvalue weighted by atomic mass is 9.88. The zero-order chi connectivity index (χ0) is 11.5. The lowest BCUT2D eigenvalue weighted by Gasteiger charge is -2.31. The predicted molar refractivity (Wildman–Crippen MR) is 57.5 cm³/mol. The maximum atomic E-state index is 11.5. The average molecular weight is 224 g/mol. The van der Waals surface area contributed by atoms with Gasteiger partial charge < -0.3 is 5.11 Å². The molecule has 16 heavy (non-hydrogen) atoms. The zero-order valence-electron chi connectivity index (χ0n) is 9.11. The van der Waals surface area contributed by atoms with Gasteiger partial charge in [-0.1, -0.05) is 6.08 Å². The van der Waals surface area contributed by atoms with Crippen LogP contribution in [0.4, 0.5) is 4.79 Å². The second-order valence-corrected chi connectivity index (χ2v) is 4.32. The molecule has 1 fully saturated rings. The van der Waals surface area contributed by atoms with Gasteiger partial charge in [-0.3, -0.25) is 9.80 Å². The number of rotatable bonds is 1. The van der Waals surface area contributed by atoms with Crippen LogP contribution < -0.4 is 5.43 Å². The molecule has 1 unspecified atom stereocenters. The highest BCUT2D eigenvalue weighted by atomic mass is 16.4. The largest absolute Gasteiger partial charge is 0.464 e. The minimum atomic E-state index is -1.07. The summed E-state index contributed by atoms with van der Waals surface area (Å²) < 4.78 is 0. The first kappa shape index (κ1) is 11.0. The molecule has 0 radical (unpaired) electrons. The van der Waals surface area contributed by atoms with E-state index in [0.29, 0.717) is 19.4 Å². The summed E-state index contributed by atoms with van der Waals surface area (Å²) in [6.45, 7) is 0.452. The summed E-state index contributed by atoms with van der Waals surface area (Å²) in [5.74, 6) is 0.433. The van der Waals surface area contributed by atoms with Crippen LogP contribution >= 0.6 is 0 Å². The summed E-state index contributed by atoms with van der Waals surface area (Å²) in [5, 5.41) is 10.4. The number of ketones is 1. The van der Waals surface area contributed by atoms with Crippen molar-refractivity contribution < 1.29 is 14.7 Å². The van der Waals surface area contributed by atoms with Gasteiger partial charge in [0.05, 0.1) is 0 Å². The van der Waals surface area contributed by atoms with Gasteiger partial charge in [-0.25, -0.2) is 10.2 Å². The fraction of sp³-hybridized carbons (Fsp3) is 0.636. The molecule has 2 N–H and O–H groups in total. The van der Waals surface area contributed by atoms with Gasteiger partial charge in [-0.05, 0) is 19.3 Å². The van der Waals surface area contributed by atoms with Gasteiger partial charge >= 0.3 is 6.09 Å². The molecule has 0 aromatic carbocycles. The van der Waals surface area contributed by atoms with Crippen molar-refractivity contribution in [2.45, 2.75) is 32.1 Å². The molecule has 1 amide bonds. The second kappa shape index (κ2) is 4.55. The quantitative estimate of drug-likeness (QED) is 0.708. The predicted octanol–water partition coefficient (Wildman–Crippen LogP) is 1.52. The van der Waals surface area contributed by atoms with Crippen LogP contribution in [0, 0.1) is 5.92 Å². The number of carboxylic acid groups (broad SMARTS) is 1. The summed E-state index contributed by atoms with van der Waals surface area (Å²) in [5.41, 5.74) is 3.36. The normalized spacial score (nSPS) is 25.5. The number of allylic oxidation sites excluding steroid dienone is 2. The van der Waals surface area contributed by atoms with E-state index in [2.05, 4.69) is 11.5 Å². The Balaban J connectivity index is 2.18. The van der Waals surface area contributed by atoms with Crippen LogP contribution in [0.15, 0.2) is 11.8 Å². The summed E-state index contributed by atoms with van der Waals surface area (Å²) in [6, 6.07) is 0. The molecule has 88 valence electrons. The molecular formula is C11H16N2O3. The Hall–Kier alpha value is -1.52. The summed E-state index contributed by atoms with van der Waals surface area (Å²) in [6.07, 6.45) is 5.01.